The van der Waals surface area contributed by atoms with E-state index in [4.69, 9.17) is 10.5 Å². The van der Waals surface area contributed by atoms with Crippen LogP contribution in [0.3, 0.4) is 0 Å². The van der Waals surface area contributed by atoms with E-state index in [1.165, 1.54) is 0 Å². The summed E-state index contributed by atoms with van der Waals surface area (Å²) in [7, 11) is 0. The van der Waals surface area contributed by atoms with E-state index in [2.05, 4.69) is 37.9 Å². The Balaban J connectivity index is 1.76. The number of ether oxygens (including phenoxy) is 1. The van der Waals surface area contributed by atoms with E-state index in [9.17, 15) is 0 Å². The number of aromatic nitrogens is 2. The third-order valence-corrected chi connectivity index (χ3v) is 2.74. The first-order valence-electron chi connectivity index (χ1n) is 5.44. The molecule has 1 heterocycles. The third-order valence-electron chi connectivity index (χ3n) is 2.18. The zero-order valence-electron chi connectivity index (χ0n) is 9.64. The van der Waals surface area contributed by atoms with Gasteiger partial charge in [0.25, 0.3) is 0 Å². The van der Waals surface area contributed by atoms with Crippen molar-refractivity contribution >= 4 is 34.2 Å². The number of nitrogen functional groups attached to an aromatic ring is 1. The van der Waals surface area contributed by atoms with Gasteiger partial charge in [0.15, 0.2) is 0 Å². The summed E-state index contributed by atoms with van der Waals surface area (Å²) in [5.74, 6) is 1.29. The lowest BCUT2D eigenvalue weighted by Gasteiger charge is -2.09. The van der Waals surface area contributed by atoms with Gasteiger partial charge in [0.2, 0.25) is 5.95 Å². The average molecular weight is 356 g/mol. The summed E-state index contributed by atoms with van der Waals surface area (Å²) in [6.45, 7) is 1.12. The molecule has 0 bridgehead atoms. The second-order valence-electron chi connectivity index (χ2n) is 3.54. The normalized spacial score (nSPS) is 10.1. The van der Waals surface area contributed by atoms with Gasteiger partial charge in [-0.1, -0.05) is 12.1 Å². The Morgan fingerprint density at radius 1 is 1.22 bits per heavy atom. The number of rotatable bonds is 5. The fourth-order valence-corrected chi connectivity index (χ4v) is 1.62. The molecule has 0 amide bonds. The molecule has 0 aliphatic carbocycles. The Morgan fingerprint density at radius 2 is 1.94 bits per heavy atom. The zero-order valence-corrected chi connectivity index (χ0v) is 11.8. The molecule has 18 heavy (non-hydrogen) atoms. The van der Waals surface area contributed by atoms with Crippen LogP contribution in [0.5, 0.6) is 5.75 Å². The Labute approximate surface area is 119 Å². The summed E-state index contributed by atoms with van der Waals surface area (Å²) in [6.07, 6.45) is 3.51. The van der Waals surface area contributed by atoms with Crippen molar-refractivity contribution in [3.63, 3.8) is 0 Å². The van der Waals surface area contributed by atoms with Crippen LogP contribution in [0.15, 0.2) is 36.7 Å². The molecule has 94 valence electrons. The molecule has 6 heteroatoms. The lowest BCUT2D eigenvalue weighted by atomic mass is 10.3. The molecule has 5 nitrogen and oxygen atoms in total. The van der Waals surface area contributed by atoms with Crippen LogP contribution >= 0.6 is 22.6 Å². The van der Waals surface area contributed by atoms with Gasteiger partial charge >= 0.3 is 0 Å². The molecule has 0 aliphatic rings. The maximum Gasteiger partial charge on any atom is 0.222 e. The van der Waals surface area contributed by atoms with Gasteiger partial charge < -0.3 is 15.8 Å². The van der Waals surface area contributed by atoms with E-state index in [0.29, 0.717) is 30.5 Å². The number of nitrogens with one attached hydrogen (secondary N) is 1. The molecule has 0 radical (unpaired) electrons. The number of para-hydroxylation sites is 2. The highest BCUT2D eigenvalue weighted by molar-refractivity contribution is 14.1. The summed E-state index contributed by atoms with van der Waals surface area (Å²) >= 11 is 2.16. The van der Waals surface area contributed by atoms with Gasteiger partial charge in [0.05, 0.1) is 12.2 Å². The van der Waals surface area contributed by atoms with E-state index in [0.717, 1.165) is 3.57 Å². The predicted molar refractivity (Wildman–Crippen MR) is 79.6 cm³/mol. The topological polar surface area (TPSA) is 73.1 Å². The molecule has 0 saturated heterocycles. The Kier molecular flexibility index (Phi) is 4.57. The number of benzene rings is 1. The van der Waals surface area contributed by atoms with Gasteiger partial charge in [-0.2, -0.15) is 0 Å². The molecule has 3 N–H and O–H groups in total. The fourth-order valence-electron chi connectivity index (χ4n) is 1.34. The largest absolute Gasteiger partial charge is 0.490 e. The third kappa shape index (κ3) is 3.73. The van der Waals surface area contributed by atoms with Crippen LogP contribution in [0.2, 0.25) is 0 Å². The average Bonchev–Trinajstić information content (AvgIpc) is 2.39. The molecule has 1 aromatic carbocycles. The maximum absolute atomic E-state index is 5.76. The van der Waals surface area contributed by atoms with Crippen molar-refractivity contribution in [2.45, 2.75) is 0 Å². The van der Waals surface area contributed by atoms with Gasteiger partial charge in [-0.05, 0) is 34.7 Å². The van der Waals surface area contributed by atoms with E-state index >= 15 is 0 Å². The van der Waals surface area contributed by atoms with Gasteiger partial charge in [0.1, 0.15) is 12.4 Å². The van der Waals surface area contributed by atoms with Crippen molar-refractivity contribution in [3.05, 3.63) is 40.2 Å². The molecule has 0 fully saturated rings. The molecular formula is C12H13IN4O. The first kappa shape index (κ1) is 12.9. The molecule has 0 aliphatic heterocycles. The molecule has 0 atom stereocenters. The van der Waals surface area contributed by atoms with Crippen molar-refractivity contribution in [1.82, 2.24) is 9.97 Å². The van der Waals surface area contributed by atoms with Crippen LogP contribution in [0.1, 0.15) is 0 Å². The number of halogens is 1. The van der Waals surface area contributed by atoms with Crippen molar-refractivity contribution in [1.29, 1.82) is 0 Å². The number of nitrogens with two attached hydrogens (primary N) is 1. The maximum atomic E-state index is 5.76. The van der Waals surface area contributed by atoms with Gasteiger partial charge in [0, 0.05) is 16.0 Å². The van der Waals surface area contributed by atoms with Crippen LogP contribution in [-0.4, -0.2) is 23.1 Å². The lowest BCUT2D eigenvalue weighted by molar-refractivity contribution is 0.334. The first-order valence-corrected chi connectivity index (χ1v) is 6.52. The Morgan fingerprint density at radius 3 is 2.67 bits per heavy atom. The van der Waals surface area contributed by atoms with Crippen LogP contribution in [0.4, 0.5) is 11.6 Å². The van der Waals surface area contributed by atoms with Crippen molar-refractivity contribution in [2.75, 3.05) is 24.2 Å². The van der Waals surface area contributed by atoms with Gasteiger partial charge in [-0.15, -0.1) is 0 Å². The summed E-state index contributed by atoms with van der Waals surface area (Å²) in [5.41, 5.74) is 6.40. The highest BCUT2D eigenvalue weighted by Gasteiger charge is 1.99. The second kappa shape index (κ2) is 6.39. The monoisotopic (exact) mass is 356 g/mol. The second-order valence-corrected chi connectivity index (χ2v) is 4.78. The summed E-state index contributed by atoms with van der Waals surface area (Å²) in [6, 6.07) is 7.42. The zero-order chi connectivity index (χ0) is 12.8. The molecule has 0 saturated carbocycles. The predicted octanol–water partition coefficient (Wildman–Crippen LogP) is 2.15. The van der Waals surface area contributed by atoms with E-state index < -0.39 is 0 Å². The molecule has 0 spiro atoms. The molecular weight excluding hydrogens is 343 g/mol. The highest BCUT2D eigenvalue weighted by atomic mass is 127. The summed E-state index contributed by atoms with van der Waals surface area (Å²) < 4.78 is 6.54. The Hall–Kier alpha value is -1.57. The minimum absolute atomic E-state index is 0.504. The summed E-state index contributed by atoms with van der Waals surface area (Å²) in [5, 5.41) is 3.07. The fraction of sp³-hybridized carbons (Fsp3) is 0.167. The van der Waals surface area contributed by atoms with E-state index in [1.807, 2.05) is 24.3 Å². The lowest BCUT2D eigenvalue weighted by Crippen LogP contribution is -2.13. The molecule has 1 aromatic heterocycles. The van der Waals surface area contributed by atoms with Crippen molar-refractivity contribution in [3.8, 4) is 5.75 Å². The number of hydrogen-bond acceptors (Lipinski definition) is 5. The van der Waals surface area contributed by atoms with Crippen molar-refractivity contribution in [2.24, 2.45) is 0 Å². The van der Waals surface area contributed by atoms with Crippen LogP contribution in [-0.2, 0) is 0 Å². The van der Waals surface area contributed by atoms with E-state index in [-0.39, 0.29) is 0 Å². The molecule has 0 unspecified atom stereocenters. The Bertz CT molecular complexity index is 504. The minimum atomic E-state index is 0.504. The quantitative estimate of drug-likeness (QED) is 0.488. The standard InChI is InChI=1S/C12H13IN4O/c13-9-7-16-12(17-8-9)15-5-6-18-11-4-2-1-3-10(11)14/h1-4,7-8H,5-6,14H2,(H,15,16,17). The van der Waals surface area contributed by atoms with Crippen LogP contribution in [0, 0.1) is 3.57 Å². The number of hydrogen-bond donors (Lipinski definition) is 2. The van der Waals surface area contributed by atoms with Gasteiger partial charge in [-0.3, -0.25) is 0 Å². The van der Waals surface area contributed by atoms with Crippen LogP contribution in [0.25, 0.3) is 0 Å². The SMILES string of the molecule is Nc1ccccc1OCCNc1ncc(I)cn1. The van der Waals surface area contributed by atoms with Crippen LogP contribution < -0.4 is 15.8 Å². The smallest absolute Gasteiger partial charge is 0.222 e. The summed E-state index contributed by atoms with van der Waals surface area (Å²) in [4.78, 5) is 8.26. The minimum Gasteiger partial charge on any atom is -0.490 e. The highest BCUT2D eigenvalue weighted by Crippen LogP contribution is 2.19. The number of anilines is 2. The van der Waals surface area contributed by atoms with Gasteiger partial charge in [-0.25, -0.2) is 9.97 Å². The van der Waals surface area contributed by atoms with E-state index in [1.54, 1.807) is 12.4 Å². The first-order chi connectivity index (χ1) is 8.75. The molecule has 2 rings (SSSR count). The molecule has 2 aromatic rings. The van der Waals surface area contributed by atoms with Crippen molar-refractivity contribution < 1.29 is 4.74 Å². The number of nitrogens with zero attached hydrogens (tertiary/aromatic N) is 2.